The fourth-order valence-corrected chi connectivity index (χ4v) is 2.37. The van der Waals surface area contributed by atoms with Crippen LogP contribution in [0.5, 0.6) is 0 Å². The molecule has 0 bridgehead atoms. The van der Waals surface area contributed by atoms with Gasteiger partial charge in [0.1, 0.15) is 0 Å². The standard InChI is InChI=1S/C11H17F3N2O/c12-11(13,14)8-4-5-15-6-9(8)16-10(17)7-2-1-3-7/h7-9,15H,1-6H2,(H,16,17). The number of alkyl halides is 3. The number of carbonyl (C=O) groups excluding carboxylic acids is 1. The Morgan fingerprint density at radius 2 is 1.94 bits per heavy atom. The maximum atomic E-state index is 12.8. The van der Waals surface area contributed by atoms with Gasteiger partial charge in [0.2, 0.25) is 5.91 Å². The summed E-state index contributed by atoms with van der Waals surface area (Å²) in [6.07, 6.45) is -1.56. The number of amides is 1. The zero-order chi connectivity index (χ0) is 12.5. The molecule has 1 heterocycles. The molecule has 2 atom stereocenters. The first kappa shape index (κ1) is 12.7. The van der Waals surface area contributed by atoms with Gasteiger partial charge in [0.05, 0.1) is 12.0 Å². The third-order valence-electron chi connectivity index (χ3n) is 3.71. The molecule has 0 aromatic rings. The Bertz CT molecular complexity index is 289. The summed E-state index contributed by atoms with van der Waals surface area (Å²) in [4.78, 5) is 11.7. The minimum Gasteiger partial charge on any atom is -0.351 e. The first-order valence-corrected chi connectivity index (χ1v) is 6.06. The van der Waals surface area contributed by atoms with Crippen molar-refractivity contribution in [2.24, 2.45) is 11.8 Å². The molecule has 1 saturated carbocycles. The Morgan fingerprint density at radius 1 is 1.24 bits per heavy atom. The molecule has 1 amide bonds. The molecule has 0 aromatic carbocycles. The topological polar surface area (TPSA) is 41.1 Å². The van der Waals surface area contributed by atoms with Gasteiger partial charge in [-0.3, -0.25) is 4.79 Å². The van der Waals surface area contributed by atoms with E-state index in [1.165, 1.54) is 0 Å². The second-order valence-electron chi connectivity index (χ2n) is 4.88. The van der Waals surface area contributed by atoms with Crippen molar-refractivity contribution < 1.29 is 18.0 Å². The summed E-state index contributed by atoms with van der Waals surface area (Å²) < 4.78 is 38.3. The minimum absolute atomic E-state index is 0.0408. The zero-order valence-electron chi connectivity index (χ0n) is 9.52. The molecule has 6 heteroatoms. The van der Waals surface area contributed by atoms with Gasteiger partial charge in [-0.25, -0.2) is 0 Å². The number of rotatable bonds is 2. The highest BCUT2D eigenvalue weighted by atomic mass is 19.4. The Hall–Kier alpha value is -0.780. The fraction of sp³-hybridized carbons (Fsp3) is 0.909. The van der Waals surface area contributed by atoms with Gasteiger partial charge in [-0.05, 0) is 25.8 Å². The SMILES string of the molecule is O=C(NC1CNCCC1C(F)(F)F)C1CCC1. The summed E-state index contributed by atoms with van der Waals surface area (Å²) in [5, 5.41) is 5.46. The van der Waals surface area contributed by atoms with E-state index in [0.717, 1.165) is 19.3 Å². The Labute approximate surface area is 98.1 Å². The number of nitrogens with one attached hydrogen (secondary N) is 2. The van der Waals surface area contributed by atoms with Gasteiger partial charge in [-0.1, -0.05) is 6.42 Å². The van der Waals surface area contributed by atoms with Crippen molar-refractivity contribution in [2.45, 2.75) is 37.9 Å². The molecule has 2 N–H and O–H groups in total. The highest BCUT2D eigenvalue weighted by molar-refractivity contribution is 5.79. The van der Waals surface area contributed by atoms with Crippen LogP contribution in [-0.4, -0.2) is 31.2 Å². The van der Waals surface area contributed by atoms with Gasteiger partial charge in [0, 0.05) is 12.5 Å². The summed E-state index contributed by atoms with van der Waals surface area (Å²) >= 11 is 0. The summed E-state index contributed by atoms with van der Waals surface area (Å²) in [5.41, 5.74) is 0. The van der Waals surface area contributed by atoms with Crippen LogP contribution in [0.3, 0.4) is 0 Å². The molecule has 1 saturated heterocycles. The molecule has 2 unspecified atom stereocenters. The molecular formula is C11H17F3N2O. The van der Waals surface area contributed by atoms with Crippen molar-refractivity contribution in [3.8, 4) is 0 Å². The van der Waals surface area contributed by atoms with Crippen molar-refractivity contribution >= 4 is 5.91 Å². The van der Waals surface area contributed by atoms with Crippen LogP contribution in [0.1, 0.15) is 25.7 Å². The lowest BCUT2D eigenvalue weighted by Crippen LogP contribution is -2.56. The molecule has 2 aliphatic rings. The predicted molar refractivity (Wildman–Crippen MR) is 56.3 cm³/mol. The van der Waals surface area contributed by atoms with Crippen LogP contribution in [0.15, 0.2) is 0 Å². The molecule has 0 spiro atoms. The van der Waals surface area contributed by atoms with E-state index in [4.69, 9.17) is 0 Å². The molecule has 0 aromatic heterocycles. The van der Waals surface area contributed by atoms with E-state index < -0.39 is 18.1 Å². The molecule has 1 aliphatic heterocycles. The van der Waals surface area contributed by atoms with Crippen LogP contribution in [0.2, 0.25) is 0 Å². The Morgan fingerprint density at radius 3 is 2.47 bits per heavy atom. The lowest BCUT2D eigenvalue weighted by molar-refractivity contribution is -0.187. The van der Waals surface area contributed by atoms with Crippen molar-refractivity contribution in [3.63, 3.8) is 0 Å². The van der Waals surface area contributed by atoms with Crippen LogP contribution < -0.4 is 10.6 Å². The Balaban J connectivity index is 1.94. The smallest absolute Gasteiger partial charge is 0.351 e. The molecule has 2 fully saturated rings. The van der Waals surface area contributed by atoms with Gasteiger partial charge >= 0.3 is 6.18 Å². The molecule has 2 rings (SSSR count). The van der Waals surface area contributed by atoms with Crippen molar-refractivity contribution in [3.05, 3.63) is 0 Å². The van der Waals surface area contributed by atoms with E-state index in [0.29, 0.717) is 6.54 Å². The molecular weight excluding hydrogens is 233 g/mol. The van der Waals surface area contributed by atoms with Crippen LogP contribution in [0.25, 0.3) is 0 Å². The second-order valence-corrected chi connectivity index (χ2v) is 4.88. The van der Waals surface area contributed by atoms with Crippen molar-refractivity contribution in [2.75, 3.05) is 13.1 Å². The summed E-state index contributed by atoms with van der Waals surface area (Å²) in [7, 11) is 0. The van der Waals surface area contributed by atoms with E-state index in [1.54, 1.807) is 0 Å². The first-order valence-electron chi connectivity index (χ1n) is 6.06. The highest BCUT2D eigenvalue weighted by Crippen LogP contribution is 2.33. The third-order valence-corrected chi connectivity index (χ3v) is 3.71. The lowest BCUT2D eigenvalue weighted by Gasteiger charge is -2.36. The summed E-state index contributed by atoms with van der Waals surface area (Å²) in [6, 6.07) is -0.808. The first-order chi connectivity index (χ1) is 7.98. The quantitative estimate of drug-likeness (QED) is 0.778. The van der Waals surface area contributed by atoms with E-state index >= 15 is 0 Å². The largest absolute Gasteiger partial charge is 0.393 e. The van der Waals surface area contributed by atoms with E-state index in [2.05, 4.69) is 10.6 Å². The van der Waals surface area contributed by atoms with Crippen molar-refractivity contribution in [1.29, 1.82) is 0 Å². The van der Waals surface area contributed by atoms with Gasteiger partial charge < -0.3 is 10.6 Å². The van der Waals surface area contributed by atoms with Crippen LogP contribution in [0, 0.1) is 11.8 Å². The molecule has 1 aliphatic carbocycles. The van der Waals surface area contributed by atoms with Crippen LogP contribution in [-0.2, 0) is 4.79 Å². The normalized spacial score (nSPS) is 30.8. The van der Waals surface area contributed by atoms with Gasteiger partial charge in [-0.2, -0.15) is 13.2 Å². The summed E-state index contributed by atoms with van der Waals surface area (Å²) in [5.74, 6) is -1.68. The number of halogens is 3. The van der Waals surface area contributed by atoms with Gasteiger partial charge in [0.15, 0.2) is 0 Å². The number of piperidine rings is 1. The molecule has 17 heavy (non-hydrogen) atoms. The third kappa shape index (κ3) is 2.91. The minimum atomic E-state index is -4.22. The average molecular weight is 250 g/mol. The maximum absolute atomic E-state index is 12.8. The average Bonchev–Trinajstić information content (AvgIpc) is 2.13. The van der Waals surface area contributed by atoms with Gasteiger partial charge in [-0.15, -0.1) is 0 Å². The number of hydrogen-bond acceptors (Lipinski definition) is 2. The maximum Gasteiger partial charge on any atom is 0.393 e. The van der Waals surface area contributed by atoms with E-state index in [9.17, 15) is 18.0 Å². The van der Waals surface area contributed by atoms with E-state index in [-0.39, 0.29) is 24.8 Å². The highest BCUT2D eigenvalue weighted by Gasteiger charge is 2.46. The number of hydrogen-bond donors (Lipinski definition) is 2. The van der Waals surface area contributed by atoms with Gasteiger partial charge in [0.25, 0.3) is 0 Å². The van der Waals surface area contributed by atoms with Crippen molar-refractivity contribution in [1.82, 2.24) is 10.6 Å². The monoisotopic (exact) mass is 250 g/mol. The second kappa shape index (κ2) is 4.84. The molecule has 0 radical (unpaired) electrons. The number of carbonyl (C=O) groups is 1. The Kier molecular flexibility index (Phi) is 3.61. The fourth-order valence-electron chi connectivity index (χ4n) is 2.37. The molecule has 3 nitrogen and oxygen atoms in total. The van der Waals surface area contributed by atoms with E-state index in [1.807, 2.05) is 0 Å². The summed E-state index contributed by atoms with van der Waals surface area (Å²) in [6.45, 7) is 0.572. The predicted octanol–water partition coefficient (Wildman–Crippen LogP) is 1.44. The van der Waals surface area contributed by atoms with Crippen LogP contribution >= 0.6 is 0 Å². The zero-order valence-corrected chi connectivity index (χ0v) is 9.52. The van der Waals surface area contributed by atoms with Crippen LogP contribution in [0.4, 0.5) is 13.2 Å². The molecule has 98 valence electrons. The lowest BCUT2D eigenvalue weighted by atomic mass is 9.83.